The fourth-order valence-corrected chi connectivity index (χ4v) is 4.27. The quantitative estimate of drug-likeness (QED) is 0.860. The van der Waals surface area contributed by atoms with E-state index in [-0.39, 0.29) is 10.6 Å². The Bertz CT molecular complexity index is 815. The molecule has 116 valence electrons. The summed E-state index contributed by atoms with van der Waals surface area (Å²) in [7, 11) is -3.47. The molecular formula is C16H15ClO4S. The largest absolute Gasteiger partial charge is 0.486 e. The SMILES string of the molecule is Cc1c(Cl)cccc1S(=O)(=O)Cc1ccc2c(c1)OCCO2. The van der Waals surface area contributed by atoms with E-state index in [0.717, 1.165) is 0 Å². The fraction of sp³-hybridized carbons (Fsp3) is 0.250. The van der Waals surface area contributed by atoms with Gasteiger partial charge in [-0.2, -0.15) is 0 Å². The van der Waals surface area contributed by atoms with Crippen LogP contribution in [0.4, 0.5) is 0 Å². The van der Waals surface area contributed by atoms with Crippen molar-refractivity contribution in [1.29, 1.82) is 0 Å². The van der Waals surface area contributed by atoms with Gasteiger partial charge in [0.2, 0.25) is 0 Å². The summed E-state index contributed by atoms with van der Waals surface area (Å²) in [6.07, 6.45) is 0. The zero-order valence-electron chi connectivity index (χ0n) is 12.0. The van der Waals surface area contributed by atoms with Crippen LogP contribution in [0.3, 0.4) is 0 Å². The molecule has 0 fully saturated rings. The number of ether oxygens (including phenoxy) is 2. The lowest BCUT2D eigenvalue weighted by Crippen LogP contribution is -2.15. The Morgan fingerprint density at radius 3 is 2.59 bits per heavy atom. The Morgan fingerprint density at radius 1 is 1.09 bits per heavy atom. The van der Waals surface area contributed by atoms with Crippen LogP contribution in [0.2, 0.25) is 5.02 Å². The minimum Gasteiger partial charge on any atom is -0.486 e. The lowest BCUT2D eigenvalue weighted by atomic mass is 10.2. The minimum atomic E-state index is -3.47. The zero-order valence-corrected chi connectivity index (χ0v) is 13.6. The maximum atomic E-state index is 12.6. The van der Waals surface area contributed by atoms with E-state index in [1.165, 1.54) is 0 Å². The van der Waals surface area contributed by atoms with E-state index in [4.69, 9.17) is 21.1 Å². The topological polar surface area (TPSA) is 52.6 Å². The molecule has 0 saturated carbocycles. The van der Waals surface area contributed by atoms with E-state index in [0.29, 0.717) is 40.9 Å². The number of rotatable bonds is 3. The van der Waals surface area contributed by atoms with Crippen LogP contribution in [0, 0.1) is 6.92 Å². The molecular weight excluding hydrogens is 324 g/mol. The van der Waals surface area contributed by atoms with Crippen LogP contribution in [-0.4, -0.2) is 21.6 Å². The number of fused-ring (bicyclic) bond motifs is 1. The monoisotopic (exact) mass is 338 g/mol. The van der Waals surface area contributed by atoms with E-state index in [9.17, 15) is 8.42 Å². The van der Waals surface area contributed by atoms with E-state index in [2.05, 4.69) is 0 Å². The first-order valence-corrected chi connectivity index (χ1v) is 8.87. The predicted molar refractivity (Wildman–Crippen MR) is 84.5 cm³/mol. The number of halogens is 1. The van der Waals surface area contributed by atoms with Crippen molar-refractivity contribution in [1.82, 2.24) is 0 Å². The predicted octanol–water partition coefficient (Wildman–Crippen LogP) is 3.39. The van der Waals surface area contributed by atoms with Gasteiger partial charge in [-0.1, -0.05) is 23.7 Å². The third-order valence-electron chi connectivity index (χ3n) is 3.52. The molecule has 0 saturated heterocycles. The molecule has 0 spiro atoms. The molecule has 22 heavy (non-hydrogen) atoms. The van der Waals surface area contributed by atoms with Gasteiger partial charge < -0.3 is 9.47 Å². The summed E-state index contributed by atoms with van der Waals surface area (Å²) in [5.74, 6) is 1.12. The van der Waals surface area contributed by atoms with Crippen LogP contribution in [-0.2, 0) is 15.6 Å². The summed E-state index contributed by atoms with van der Waals surface area (Å²) in [5.41, 5.74) is 1.23. The van der Waals surface area contributed by atoms with Crippen molar-refractivity contribution in [2.75, 3.05) is 13.2 Å². The maximum absolute atomic E-state index is 12.6. The lowest BCUT2D eigenvalue weighted by molar-refractivity contribution is 0.171. The summed E-state index contributed by atoms with van der Waals surface area (Å²) >= 11 is 6.02. The highest BCUT2D eigenvalue weighted by Gasteiger charge is 2.20. The van der Waals surface area contributed by atoms with Gasteiger partial charge in [0.05, 0.1) is 10.6 Å². The summed E-state index contributed by atoms with van der Waals surface area (Å²) in [5, 5.41) is 0.447. The van der Waals surface area contributed by atoms with Gasteiger partial charge in [-0.25, -0.2) is 8.42 Å². The Kier molecular flexibility index (Phi) is 4.02. The number of benzene rings is 2. The maximum Gasteiger partial charge on any atom is 0.182 e. The van der Waals surface area contributed by atoms with Crippen LogP contribution in [0.1, 0.15) is 11.1 Å². The second-order valence-electron chi connectivity index (χ2n) is 5.10. The van der Waals surface area contributed by atoms with Crippen molar-refractivity contribution in [3.05, 3.63) is 52.5 Å². The lowest BCUT2D eigenvalue weighted by Gasteiger charge is -2.19. The van der Waals surface area contributed by atoms with Gasteiger partial charge in [-0.15, -0.1) is 0 Å². The number of hydrogen-bond acceptors (Lipinski definition) is 4. The molecule has 0 atom stereocenters. The van der Waals surface area contributed by atoms with Gasteiger partial charge in [0.25, 0.3) is 0 Å². The molecule has 4 nitrogen and oxygen atoms in total. The van der Waals surface area contributed by atoms with E-state index < -0.39 is 9.84 Å². The first-order valence-electron chi connectivity index (χ1n) is 6.84. The first-order chi connectivity index (χ1) is 10.5. The van der Waals surface area contributed by atoms with Crippen LogP contribution in [0.15, 0.2) is 41.3 Å². The van der Waals surface area contributed by atoms with E-state index >= 15 is 0 Å². The van der Waals surface area contributed by atoms with Crippen molar-refractivity contribution in [2.24, 2.45) is 0 Å². The summed E-state index contributed by atoms with van der Waals surface area (Å²) in [6, 6.07) is 10.1. The van der Waals surface area contributed by atoms with Crippen LogP contribution < -0.4 is 9.47 Å². The normalized spacial score (nSPS) is 13.9. The minimum absolute atomic E-state index is 0.106. The molecule has 1 heterocycles. The van der Waals surface area contributed by atoms with Gasteiger partial charge in [0.1, 0.15) is 13.2 Å². The van der Waals surface area contributed by atoms with E-state index in [1.807, 2.05) is 0 Å². The van der Waals surface area contributed by atoms with Gasteiger partial charge >= 0.3 is 0 Å². The average Bonchev–Trinajstić information content (AvgIpc) is 2.49. The summed E-state index contributed by atoms with van der Waals surface area (Å²) < 4.78 is 36.1. The van der Waals surface area contributed by atoms with Crippen LogP contribution in [0.5, 0.6) is 11.5 Å². The van der Waals surface area contributed by atoms with Crippen LogP contribution >= 0.6 is 11.6 Å². The second kappa shape index (κ2) is 5.82. The molecule has 0 N–H and O–H groups in total. The zero-order chi connectivity index (χ0) is 15.7. The number of hydrogen-bond donors (Lipinski definition) is 0. The summed E-state index contributed by atoms with van der Waals surface area (Å²) in [6.45, 7) is 2.68. The van der Waals surface area contributed by atoms with Crippen molar-refractivity contribution in [3.63, 3.8) is 0 Å². The highest BCUT2D eigenvalue weighted by Crippen LogP contribution is 2.32. The van der Waals surface area contributed by atoms with Gasteiger partial charge in [-0.3, -0.25) is 0 Å². The number of sulfone groups is 1. The Hall–Kier alpha value is -1.72. The van der Waals surface area contributed by atoms with Crippen molar-refractivity contribution < 1.29 is 17.9 Å². The molecule has 0 radical (unpaired) electrons. The Labute approximate surface area is 134 Å². The molecule has 0 bridgehead atoms. The standard InChI is InChI=1S/C16H15ClO4S/c1-11-13(17)3-2-4-16(11)22(18,19)10-12-5-6-14-15(9-12)21-8-7-20-14/h2-6,9H,7-8,10H2,1H3. The smallest absolute Gasteiger partial charge is 0.182 e. The van der Waals surface area contributed by atoms with E-state index in [1.54, 1.807) is 43.3 Å². The third kappa shape index (κ3) is 2.91. The first kappa shape index (κ1) is 15.2. The second-order valence-corrected chi connectivity index (χ2v) is 7.47. The molecule has 3 rings (SSSR count). The summed E-state index contributed by atoms with van der Waals surface area (Å²) in [4.78, 5) is 0.259. The average molecular weight is 339 g/mol. The van der Waals surface area contributed by atoms with Crippen molar-refractivity contribution in [3.8, 4) is 11.5 Å². The molecule has 0 unspecified atom stereocenters. The third-order valence-corrected chi connectivity index (χ3v) is 5.75. The Morgan fingerprint density at radius 2 is 1.82 bits per heavy atom. The van der Waals surface area contributed by atoms with Gasteiger partial charge in [-0.05, 0) is 42.3 Å². The molecule has 6 heteroatoms. The van der Waals surface area contributed by atoms with Crippen molar-refractivity contribution in [2.45, 2.75) is 17.6 Å². The Balaban J connectivity index is 1.93. The molecule has 0 aromatic heterocycles. The van der Waals surface area contributed by atoms with Crippen molar-refractivity contribution >= 4 is 21.4 Å². The fourth-order valence-electron chi connectivity index (χ4n) is 2.40. The molecule has 0 amide bonds. The molecule has 2 aromatic rings. The molecule has 2 aromatic carbocycles. The highest BCUT2D eigenvalue weighted by molar-refractivity contribution is 7.90. The highest BCUT2D eigenvalue weighted by atomic mass is 35.5. The van der Waals surface area contributed by atoms with Gasteiger partial charge in [0.15, 0.2) is 21.3 Å². The molecule has 1 aliphatic heterocycles. The van der Waals surface area contributed by atoms with Gasteiger partial charge in [0, 0.05) is 5.02 Å². The molecule has 0 aliphatic carbocycles. The van der Waals surface area contributed by atoms with Crippen LogP contribution in [0.25, 0.3) is 0 Å². The molecule has 1 aliphatic rings.